The van der Waals surface area contributed by atoms with Gasteiger partial charge in [-0.1, -0.05) is 128 Å². The molecule has 5 rings (SSSR count). The molecule has 0 spiro atoms. The van der Waals surface area contributed by atoms with Crippen molar-refractivity contribution in [2.24, 2.45) is 5.41 Å². The maximum absolute atomic E-state index is 12.5. The van der Waals surface area contributed by atoms with E-state index in [1.165, 1.54) is 61.8 Å². The highest BCUT2D eigenvalue weighted by atomic mass is 32.1. The number of rotatable bonds is 12. The van der Waals surface area contributed by atoms with Crippen LogP contribution in [0.1, 0.15) is 144 Å². The van der Waals surface area contributed by atoms with Crippen molar-refractivity contribution in [1.29, 1.82) is 0 Å². The van der Waals surface area contributed by atoms with Crippen LogP contribution in [0.4, 0.5) is 0 Å². The minimum atomic E-state index is -0.367. The molecule has 2 aliphatic carbocycles. The van der Waals surface area contributed by atoms with Crippen molar-refractivity contribution in [2.75, 3.05) is 0 Å². The second-order valence-electron chi connectivity index (χ2n) is 14.3. The van der Waals surface area contributed by atoms with Gasteiger partial charge in [0.1, 0.15) is 12.2 Å². The number of carbonyl (C=O) groups is 3. The predicted octanol–water partition coefficient (Wildman–Crippen LogP) is 10.3. The summed E-state index contributed by atoms with van der Waals surface area (Å²) in [6, 6.07) is 15.9. The molecule has 0 saturated heterocycles. The van der Waals surface area contributed by atoms with Crippen LogP contribution >= 0.6 is 11.3 Å². The minimum Gasteiger partial charge on any atom is -0.374 e. The molecule has 2 saturated carbocycles. The summed E-state index contributed by atoms with van der Waals surface area (Å²) >= 11 is 1.55. The van der Waals surface area contributed by atoms with E-state index in [0.29, 0.717) is 12.6 Å². The molecule has 0 radical (unpaired) electrons. The number of aromatic nitrogens is 2. The molecule has 2 heterocycles. The van der Waals surface area contributed by atoms with E-state index in [9.17, 15) is 14.4 Å². The van der Waals surface area contributed by atoms with Gasteiger partial charge >= 0.3 is 0 Å². The van der Waals surface area contributed by atoms with Crippen LogP contribution in [-0.2, 0) is 29.2 Å². The third kappa shape index (κ3) is 18.1. The highest BCUT2D eigenvalue weighted by molar-refractivity contribution is 7.09. The van der Waals surface area contributed by atoms with Crippen molar-refractivity contribution >= 4 is 28.9 Å². The van der Waals surface area contributed by atoms with Crippen LogP contribution in [0.5, 0.6) is 0 Å². The summed E-state index contributed by atoms with van der Waals surface area (Å²) in [7, 11) is 0. The maximum atomic E-state index is 12.5. The van der Waals surface area contributed by atoms with Crippen LogP contribution in [0.25, 0.3) is 0 Å². The van der Waals surface area contributed by atoms with Gasteiger partial charge in [0.15, 0.2) is 11.5 Å². The van der Waals surface area contributed by atoms with Crippen LogP contribution in [0.3, 0.4) is 0 Å². The number of ether oxygens (including phenoxy) is 1. The monoisotopic (exact) mass is 732 g/mol. The van der Waals surface area contributed by atoms with E-state index >= 15 is 0 Å². The van der Waals surface area contributed by atoms with Crippen molar-refractivity contribution in [3.63, 3.8) is 0 Å². The lowest BCUT2D eigenvalue weighted by atomic mass is 9.75. The molecule has 1 aromatic carbocycles. The van der Waals surface area contributed by atoms with E-state index in [4.69, 9.17) is 4.74 Å². The molecule has 9 heteroatoms. The van der Waals surface area contributed by atoms with Gasteiger partial charge < -0.3 is 15.4 Å². The molecule has 2 aliphatic rings. The number of hydrogen-bond donors (Lipinski definition) is 2. The van der Waals surface area contributed by atoms with Gasteiger partial charge in [-0.05, 0) is 60.9 Å². The van der Waals surface area contributed by atoms with Gasteiger partial charge in [-0.15, -0.1) is 11.3 Å². The van der Waals surface area contributed by atoms with Crippen molar-refractivity contribution in [3.8, 4) is 0 Å². The molecule has 2 fully saturated rings. The van der Waals surface area contributed by atoms with E-state index in [2.05, 4.69) is 87.3 Å². The molecule has 2 amide bonds. The van der Waals surface area contributed by atoms with Gasteiger partial charge in [-0.25, -0.2) is 0 Å². The first kappa shape index (κ1) is 44.3. The Hall–Kier alpha value is -3.82. The number of ketones is 1. The fraction of sp³-hybridized carbons (Fsp3) is 0.535. The SMILES string of the molecule is C=C/C=C/CC.CC(=O)c1cc(C(=O)NCc2cccs2)nn1CC(=O)NC1CCCC(C)(C)C1.CCC.c1ccc(COC2CCCCC2)cc1. The lowest BCUT2D eigenvalue weighted by Crippen LogP contribution is -2.42. The first-order valence-electron chi connectivity index (χ1n) is 19.1. The summed E-state index contributed by atoms with van der Waals surface area (Å²) < 4.78 is 7.19. The quantitative estimate of drug-likeness (QED) is 0.143. The van der Waals surface area contributed by atoms with Crippen molar-refractivity contribution in [1.82, 2.24) is 20.4 Å². The van der Waals surface area contributed by atoms with E-state index in [-0.39, 0.29) is 47.0 Å². The Morgan fingerprint density at radius 1 is 1.02 bits per heavy atom. The average Bonchev–Trinajstić information content (AvgIpc) is 3.81. The van der Waals surface area contributed by atoms with Crippen LogP contribution < -0.4 is 10.6 Å². The Morgan fingerprint density at radius 2 is 1.73 bits per heavy atom. The van der Waals surface area contributed by atoms with Gasteiger partial charge in [0.25, 0.3) is 5.91 Å². The molecule has 0 bridgehead atoms. The van der Waals surface area contributed by atoms with Gasteiger partial charge in [-0.3, -0.25) is 19.1 Å². The van der Waals surface area contributed by atoms with E-state index in [1.54, 1.807) is 17.4 Å². The molecule has 1 unspecified atom stereocenters. The Kier molecular flexibility index (Phi) is 21.5. The molecule has 2 N–H and O–H groups in total. The van der Waals surface area contributed by atoms with Gasteiger partial charge in [0.05, 0.1) is 19.3 Å². The van der Waals surface area contributed by atoms with E-state index in [1.807, 2.05) is 29.7 Å². The zero-order valence-corrected chi connectivity index (χ0v) is 33.4. The molecule has 0 aliphatic heterocycles. The van der Waals surface area contributed by atoms with Crippen LogP contribution in [0, 0.1) is 5.41 Å². The summed E-state index contributed by atoms with van der Waals surface area (Å²) in [5.41, 5.74) is 1.90. The van der Waals surface area contributed by atoms with E-state index < -0.39 is 0 Å². The Labute approximate surface area is 317 Å². The number of hydrogen-bond acceptors (Lipinski definition) is 6. The smallest absolute Gasteiger partial charge is 0.272 e. The fourth-order valence-electron chi connectivity index (χ4n) is 6.09. The normalized spacial score (nSPS) is 16.5. The Bertz CT molecular complexity index is 1470. The second kappa shape index (κ2) is 25.2. The minimum absolute atomic E-state index is 0.0793. The summed E-state index contributed by atoms with van der Waals surface area (Å²) in [5.74, 6) is -0.792. The number of amides is 2. The Balaban J connectivity index is 0.000000334. The first-order valence-corrected chi connectivity index (χ1v) is 20.0. The van der Waals surface area contributed by atoms with E-state index in [0.717, 1.165) is 43.6 Å². The van der Waals surface area contributed by atoms with Crippen molar-refractivity contribution in [2.45, 2.75) is 144 Å². The molecule has 52 heavy (non-hydrogen) atoms. The third-order valence-electron chi connectivity index (χ3n) is 8.63. The average molecular weight is 733 g/mol. The number of nitrogens with zero attached hydrogens (tertiary/aromatic N) is 2. The van der Waals surface area contributed by atoms with Crippen LogP contribution in [-0.4, -0.2) is 39.5 Å². The molecule has 3 aromatic rings. The Morgan fingerprint density at radius 3 is 2.31 bits per heavy atom. The van der Waals surface area contributed by atoms with Crippen LogP contribution in [0.15, 0.2) is 78.7 Å². The number of nitrogens with one attached hydrogen (secondary N) is 2. The number of Topliss-reactive ketones (excluding diaryl/α,β-unsaturated/α-hetero) is 1. The highest BCUT2D eigenvalue weighted by Crippen LogP contribution is 2.35. The topological polar surface area (TPSA) is 102 Å². The number of carbonyl (C=O) groups excluding carboxylic acids is 3. The first-order chi connectivity index (χ1) is 25.0. The zero-order chi connectivity index (χ0) is 38.2. The van der Waals surface area contributed by atoms with Crippen molar-refractivity contribution in [3.05, 3.63) is 101 Å². The summed E-state index contributed by atoms with van der Waals surface area (Å²) in [6.07, 6.45) is 19.4. The summed E-state index contributed by atoms with van der Waals surface area (Å²) in [6.45, 7) is 16.8. The summed E-state index contributed by atoms with van der Waals surface area (Å²) in [4.78, 5) is 38.0. The molecular formula is C43H64N4O4S. The second-order valence-corrected chi connectivity index (χ2v) is 15.3. The number of allylic oxidation sites excluding steroid dienone is 3. The fourth-order valence-corrected chi connectivity index (χ4v) is 6.73. The van der Waals surface area contributed by atoms with Gasteiger partial charge in [-0.2, -0.15) is 5.10 Å². The largest absolute Gasteiger partial charge is 0.374 e. The zero-order valence-electron chi connectivity index (χ0n) is 32.6. The lowest BCUT2D eigenvalue weighted by Gasteiger charge is -2.35. The molecule has 1 atom stereocenters. The standard InChI is InChI=1S/C21H28N4O3S.C13H18O.C6H10.C3H8/c1-14(26)18-10-17(20(28)22-12-16-7-5-9-29-16)24-25(18)13-19(27)23-15-6-4-8-21(2,3)11-15;1-3-7-12(8-4-1)11-14-13-9-5-2-6-10-13;1-3-5-6-4-2;1-3-2/h5,7,9-10,15H,4,6,8,11-13H2,1-3H3,(H,22,28)(H,23,27);1,3-4,7-8,13H,2,5-6,9-11H2;3,5-6H,1,4H2,2H3;3H2,1-2H3/b;;6-5+;. The number of thiophene rings is 1. The maximum Gasteiger partial charge on any atom is 0.272 e. The lowest BCUT2D eigenvalue weighted by molar-refractivity contribution is -0.123. The highest BCUT2D eigenvalue weighted by Gasteiger charge is 2.29. The molecular weight excluding hydrogens is 669 g/mol. The molecule has 8 nitrogen and oxygen atoms in total. The van der Waals surface area contributed by atoms with Gasteiger partial charge in [0.2, 0.25) is 5.91 Å². The van der Waals surface area contributed by atoms with Crippen molar-refractivity contribution < 1.29 is 19.1 Å². The number of benzene rings is 1. The summed E-state index contributed by atoms with van der Waals surface area (Å²) in [5, 5.41) is 12.0. The predicted molar refractivity (Wildman–Crippen MR) is 216 cm³/mol. The van der Waals surface area contributed by atoms with Gasteiger partial charge in [0, 0.05) is 23.9 Å². The van der Waals surface area contributed by atoms with Crippen LogP contribution in [0.2, 0.25) is 0 Å². The molecule has 2 aromatic heterocycles. The third-order valence-corrected chi connectivity index (χ3v) is 9.51. The molecule has 286 valence electrons.